The van der Waals surface area contributed by atoms with Crippen molar-refractivity contribution in [3.8, 4) is 0 Å². The predicted octanol–water partition coefficient (Wildman–Crippen LogP) is 0.935. The maximum Gasteiger partial charge on any atom is 0.263 e. The Morgan fingerprint density at radius 2 is 2.06 bits per heavy atom. The van der Waals surface area contributed by atoms with Crippen molar-refractivity contribution in [1.82, 2.24) is 4.89 Å². The van der Waals surface area contributed by atoms with Crippen LogP contribution in [0.5, 0.6) is 0 Å². The fraction of sp³-hybridized carbons (Fsp3) is 0.400. The monoisotopic (exact) mass is 292 g/mol. The van der Waals surface area contributed by atoms with Crippen LogP contribution in [0.4, 0.5) is 0 Å². The van der Waals surface area contributed by atoms with Crippen LogP contribution >= 0.6 is 0 Å². The van der Waals surface area contributed by atoms with Crippen LogP contribution in [-0.2, 0) is 25.9 Å². The maximum absolute atomic E-state index is 11.8. The van der Waals surface area contributed by atoms with Gasteiger partial charge in [-0.3, -0.25) is 9.05 Å². The summed E-state index contributed by atoms with van der Waals surface area (Å²) in [4.78, 5) is 6.08. The molecule has 0 radical (unpaired) electrons. The first kappa shape index (κ1) is 15.3. The van der Waals surface area contributed by atoms with Gasteiger partial charge < -0.3 is 4.55 Å². The second kappa shape index (κ2) is 6.95. The number of hydrogen-bond donors (Lipinski definition) is 1. The van der Waals surface area contributed by atoms with Crippen LogP contribution < -0.4 is 4.89 Å². The molecule has 1 unspecified atom stereocenters. The summed E-state index contributed by atoms with van der Waals surface area (Å²) in [6.45, 7) is 2.17. The summed E-state index contributed by atoms with van der Waals surface area (Å²) >= 11 is -2.62. The third-order valence-corrected chi connectivity index (χ3v) is 4.20. The lowest BCUT2D eigenvalue weighted by Crippen LogP contribution is -2.25. The average molecular weight is 292 g/mol. The first-order valence-corrected chi connectivity index (χ1v) is 7.86. The Morgan fingerprint density at radius 1 is 1.39 bits per heavy atom. The fourth-order valence-electron chi connectivity index (χ4n) is 1.19. The van der Waals surface area contributed by atoms with Crippen LogP contribution in [0.1, 0.15) is 19.8 Å². The molecule has 1 atom stereocenters. The van der Waals surface area contributed by atoms with Crippen LogP contribution in [0.3, 0.4) is 0 Å². The van der Waals surface area contributed by atoms with E-state index < -0.39 is 21.1 Å². The van der Waals surface area contributed by atoms with Gasteiger partial charge in [0.15, 0.2) is 0 Å². The van der Waals surface area contributed by atoms with E-state index in [1.165, 1.54) is 24.3 Å². The van der Waals surface area contributed by atoms with E-state index in [1.807, 2.05) is 11.8 Å². The third kappa shape index (κ3) is 4.14. The summed E-state index contributed by atoms with van der Waals surface area (Å²) in [5.41, 5.74) is 0. The molecule has 0 aliphatic heterocycles. The Bertz CT molecular complexity index is 515. The number of hydrogen-bond acceptors (Lipinski definition) is 5. The van der Waals surface area contributed by atoms with Crippen LogP contribution in [0, 0.1) is 0 Å². The Kier molecular flexibility index (Phi) is 5.89. The largest absolute Gasteiger partial charge is 0.768 e. The summed E-state index contributed by atoms with van der Waals surface area (Å²) < 4.78 is 45.4. The normalized spacial score (nSPS) is 13.4. The van der Waals surface area contributed by atoms with Gasteiger partial charge in [0.1, 0.15) is 0 Å². The van der Waals surface area contributed by atoms with Gasteiger partial charge in [-0.05, 0) is 29.6 Å². The van der Waals surface area contributed by atoms with Gasteiger partial charge >= 0.3 is 0 Å². The molecule has 8 heteroatoms. The Morgan fingerprint density at radius 3 is 2.67 bits per heavy atom. The molecule has 0 fully saturated rings. The van der Waals surface area contributed by atoms with E-state index in [2.05, 4.69) is 0 Å². The molecule has 0 amide bonds. The molecule has 0 aromatic heterocycles. The second-order valence-electron chi connectivity index (χ2n) is 3.47. The molecule has 18 heavy (non-hydrogen) atoms. The minimum Gasteiger partial charge on any atom is -0.768 e. The Balaban J connectivity index is 2.88. The molecule has 0 aliphatic rings. The van der Waals surface area contributed by atoms with E-state index in [1.54, 1.807) is 0 Å². The first-order chi connectivity index (χ1) is 8.49. The van der Waals surface area contributed by atoms with Crippen molar-refractivity contribution >= 4 is 21.1 Å². The van der Waals surface area contributed by atoms with Gasteiger partial charge in [0.05, 0.1) is 11.5 Å². The lowest BCUT2D eigenvalue weighted by atomic mass is 10.4. The molecule has 1 rings (SSSR count). The molecule has 1 aromatic carbocycles. The van der Waals surface area contributed by atoms with Crippen molar-refractivity contribution in [3.05, 3.63) is 24.3 Å². The standard InChI is InChI=1S/C10H15NO5S2/c1-2-3-8-16-11-18(14,15)10-7-5-4-6-9(10)17(12)13/h4-7,11H,2-3,8H2,1H3,(H,12,13)/p-1. The molecule has 1 N–H and O–H groups in total. The van der Waals surface area contributed by atoms with Crippen molar-refractivity contribution in [2.45, 2.75) is 29.6 Å². The zero-order valence-corrected chi connectivity index (χ0v) is 11.4. The summed E-state index contributed by atoms with van der Waals surface area (Å²) in [6.07, 6.45) is 1.57. The molecule has 0 aliphatic carbocycles. The molecule has 1 aromatic rings. The molecule has 0 heterocycles. The van der Waals surface area contributed by atoms with E-state index in [0.29, 0.717) is 6.42 Å². The van der Waals surface area contributed by atoms with Gasteiger partial charge in [-0.25, -0.2) is 8.42 Å². The molecular formula is C10H14NO5S2-. The number of rotatable bonds is 7. The summed E-state index contributed by atoms with van der Waals surface area (Å²) in [7, 11) is -3.98. The second-order valence-corrected chi connectivity index (χ2v) is 5.99. The van der Waals surface area contributed by atoms with Crippen molar-refractivity contribution in [3.63, 3.8) is 0 Å². The fourth-order valence-corrected chi connectivity index (χ4v) is 3.06. The smallest absolute Gasteiger partial charge is 0.263 e. The first-order valence-electron chi connectivity index (χ1n) is 5.31. The van der Waals surface area contributed by atoms with Crippen LogP contribution in [0.25, 0.3) is 0 Å². The maximum atomic E-state index is 11.8. The zero-order chi connectivity index (χ0) is 13.6. The summed E-state index contributed by atoms with van der Waals surface area (Å²) in [5.74, 6) is 0. The minimum atomic E-state index is -3.98. The van der Waals surface area contributed by atoms with Crippen LogP contribution in [0.2, 0.25) is 0 Å². The summed E-state index contributed by atoms with van der Waals surface area (Å²) in [5, 5.41) is 0. The van der Waals surface area contributed by atoms with Crippen molar-refractivity contribution in [1.29, 1.82) is 0 Å². The molecule has 0 saturated carbocycles. The number of sulfonamides is 1. The van der Waals surface area contributed by atoms with E-state index in [9.17, 15) is 17.2 Å². The highest BCUT2D eigenvalue weighted by Crippen LogP contribution is 2.17. The predicted molar refractivity (Wildman–Crippen MR) is 64.8 cm³/mol. The molecule has 0 bridgehead atoms. The van der Waals surface area contributed by atoms with Crippen molar-refractivity contribution < 1.29 is 22.0 Å². The quantitative estimate of drug-likeness (QED) is 0.458. The molecular weight excluding hydrogens is 278 g/mol. The van der Waals surface area contributed by atoms with E-state index in [4.69, 9.17) is 4.84 Å². The summed E-state index contributed by atoms with van der Waals surface area (Å²) in [6, 6.07) is 5.30. The van der Waals surface area contributed by atoms with Gasteiger partial charge in [0.2, 0.25) is 0 Å². The van der Waals surface area contributed by atoms with Gasteiger partial charge in [0.25, 0.3) is 10.0 Å². The van der Waals surface area contributed by atoms with Crippen LogP contribution in [0.15, 0.2) is 34.1 Å². The number of nitrogens with one attached hydrogen (secondary N) is 1. The van der Waals surface area contributed by atoms with Crippen LogP contribution in [-0.4, -0.2) is 23.8 Å². The highest BCUT2D eigenvalue weighted by molar-refractivity contribution is 7.90. The van der Waals surface area contributed by atoms with Gasteiger partial charge in [-0.15, -0.1) is 0 Å². The van der Waals surface area contributed by atoms with Crippen molar-refractivity contribution in [2.75, 3.05) is 6.61 Å². The van der Waals surface area contributed by atoms with E-state index in [-0.39, 0.29) is 16.4 Å². The highest BCUT2D eigenvalue weighted by atomic mass is 32.2. The van der Waals surface area contributed by atoms with Gasteiger partial charge in [0, 0.05) is 4.90 Å². The molecule has 6 nitrogen and oxygen atoms in total. The SMILES string of the molecule is CCCCONS(=O)(=O)c1ccccc1S(=O)[O-]. The van der Waals surface area contributed by atoms with Gasteiger partial charge in [-0.1, -0.05) is 30.4 Å². The average Bonchev–Trinajstić information content (AvgIpc) is 2.35. The lowest BCUT2D eigenvalue weighted by molar-refractivity contribution is 0.0906. The minimum absolute atomic E-state index is 0.234. The third-order valence-electron chi connectivity index (χ3n) is 2.09. The van der Waals surface area contributed by atoms with Gasteiger partial charge in [-0.2, -0.15) is 0 Å². The number of unbranched alkanes of at least 4 members (excludes halogenated alkanes) is 1. The zero-order valence-electron chi connectivity index (χ0n) is 9.79. The highest BCUT2D eigenvalue weighted by Gasteiger charge is 2.18. The Hall–Kier alpha value is -0.800. The molecule has 102 valence electrons. The topological polar surface area (TPSA) is 95.5 Å². The lowest BCUT2D eigenvalue weighted by Gasteiger charge is -2.12. The van der Waals surface area contributed by atoms with E-state index >= 15 is 0 Å². The molecule has 0 spiro atoms. The van der Waals surface area contributed by atoms with Crippen molar-refractivity contribution in [2.24, 2.45) is 0 Å². The van der Waals surface area contributed by atoms with E-state index in [0.717, 1.165) is 6.42 Å². The Labute approximate surface area is 109 Å². The molecule has 0 saturated heterocycles. The number of benzene rings is 1.